The molecule has 3 aromatic rings. The molecule has 0 aliphatic rings. The molecule has 0 saturated carbocycles. The molecule has 0 spiro atoms. The predicted octanol–water partition coefficient (Wildman–Crippen LogP) is 7.99. The zero-order chi connectivity index (χ0) is 23.1. The van der Waals surface area contributed by atoms with Crippen LogP contribution in [0.25, 0.3) is 11.4 Å². The fourth-order valence-electron chi connectivity index (χ4n) is 3.78. The number of aromatic nitrogens is 2. The average molecular weight is 450 g/mol. The third-order valence-corrected chi connectivity index (χ3v) is 4.42. The SMILES string of the molecule is Cc1cc(C)c(-n2cc[n+](-c3c(C)cc(C)cc3C)c2)c(C)c1.F[P-](F)(F)(F)(F)F. The van der Waals surface area contributed by atoms with E-state index in [0.717, 1.165) is 0 Å². The first-order valence-electron chi connectivity index (χ1n) is 9.14. The Hall–Kier alpha value is -2.34. The van der Waals surface area contributed by atoms with Crippen LogP contribution in [0.2, 0.25) is 0 Å². The van der Waals surface area contributed by atoms with E-state index in [1.165, 1.54) is 44.8 Å². The summed E-state index contributed by atoms with van der Waals surface area (Å²) in [6.45, 7) is 13.0. The van der Waals surface area contributed by atoms with Gasteiger partial charge in [-0.25, -0.2) is 9.13 Å². The summed E-state index contributed by atoms with van der Waals surface area (Å²) in [5, 5.41) is 0. The van der Waals surface area contributed by atoms with Crippen LogP contribution >= 0.6 is 7.81 Å². The number of nitrogens with zero attached hydrogens (tertiary/aromatic N) is 2. The van der Waals surface area contributed by atoms with Crippen molar-refractivity contribution in [2.24, 2.45) is 0 Å². The number of hydrogen-bond acceptors (Lipinski definition) is 0. The summed E-state index contributed by atoms with van der Waals surface area (Å²) >= 11 is 0. The molecule has 0 N–H and O–H groups in total. The van der Waals surface area contributed by atoms with Crippen molar-refractivity contribution in [1.29, 1.82) is 0 Å². The van der Waals surface area contributed by atoms with Gasteiger partial charge in [0, 0.05) is 0 Å². The van der Waals surface area contributed by atoms with Gasteiger partial charge in [-0.3, -0.25) is 0 Å². The molecule has 0 saturated heterocycles. The molecule has 1 heterocycles. The van der Waals surface area contributed by atoms with E-state index in [1.54, 1.807) is 0 Å². The van der Waals surface area contributed by atoms with E-state index in [2.05, 4.69) is 93.7 Å². The Kier molecular flexibility index (Phi) is 5.68. The summed E-state index contributed by atoms with van der Waals surface area (Å²) in [7, 11) is -10.7. The molecule has 9 heteroatoms. The Morgan fingerprint density at radius 1 is 0.667 bits per heavy atom. The van der Waals surface area contributed by atoms with Gasteiger partial charge in [-0.2, -0.15) is 0 Å². The Labute approximate surface area is 172 Å². The van der Waals surface area contributed by atoms with Gasteiger partial charge in [0.15, 0.2) is 0 Å². The van der Waals surface area contributed by atoms with Gasteiger partial charge in [0.2, 0.25) is 0 Å². The minimum atomic E-state index is -10.7. The van der Waals surface area contributed by atoms with Crippen LogP contribution < -0.4 is 4.57 Å². The van der Waals surface area contributed by atoms with Crippen LogP contribution in [0.3, 0.4) is 0 Å². The Morgan fingerprint density at radius 3 is 1.43 bits per heavy atom. The second kappa shape index (κ2) is 7.12. The summed E-state index contributed by atoms with van der Waals surface area (Å²) < 4.78 is 63.6. The van der Waals surface area contributed by atoms with Crippen molar-refractivity contribution in [2.45, 2.75) is 41.5 Å². The number of imidazole rings is 1. The molecule has 30 heavy (non-hydrogen) atoms. The number of halogens is 6. The molecule has 0 radical (unpaired) electrons. The fraction of sp³-hybridized carbons (Fsp3) is 0.286. The third kappa shape index (κ3) is 7.17. The molecule has 0 bridgehead atoms. The van der Waals surface area contributed by atoms with Crippen molar-refractivity contribution >= 4 is 7.81 Å². The predicted molar refractivity (Wildman–Crippen MR) is 109 cm³/mol. The van der Waals surface area contributed by atoms with E-state index < -0.39 is 7.81 Å². The van der Waals surface area contributed by atoms with Gasteiger partial charge in [0.05, 0.1) is 0 Å². The van der Waals surface area contributed by atoms with Crippen molar-refractivity contribution in [3.8, 4) is 11.4 Å². The molecule has 2 nitrogen and oxygen atoms in total. The average Bonchev–Trinajstić information content (AvgIpc) is 2.90. The van der Waals surface area contributed by atoms with Crippen LogP contribution in [0.15, 0.2) is 43.0 Å². The van der Waals surface area contributed by atoms with Gasteiger partial charge in [-0.05, 0) is 63.8 Å². The van der Waals surface area contributed by atoms with Crippen molar-refractivity contribution in [3.63, 3.8) is 0 Å². The standard InChI is InChI=1S/C21H25N2.F6P/c1-14-9-16(3)20(17(4)10-14)22-7-8-23(13-22)21-18(5)11-15(2)12-19(21)6;1-7(2,3,4,5)6/h7-13H,1-6H3;/q+1;-1. The normalized spacial score (nSPS) is 13.9. The molecule has 0 aliphatic heterocycles. The van der Waals surface area contributed by atoms with Crippen molar-refractivity contribution in [2.75, 3.05) is 0 Å². The Bertz CT molecular complexity index is 970. The number of rotatable bonds is 2. The summed E-state index contributed by atoms with van der Waals surface area (Å²) in [6, 6.07) is 8.98. The van der Waals surface area contributed by atoms with E-state index in [4.69, 9.17) is 0 Å². The first kappa shape index (κ1) is 23.9. The minimum absolute atomic E-state index is 1.27. The van der Waals surface area contributed by atoms with Crippen molar-refractivity contribution in [3.05, 3.63) is 76.4 Å². The van der Waals surface area contributed by atoms with Crippen LogP contribution in [0, 0.1) is 41.5 Å². The topological polar surface area (TPSA) is 8.81 Å². The zero-order valence-corrected chi connectivity index (χ0v) is 18.5. The maximum absolute atomic E-state index is 10.7. The number of aryl methyl sites for hydroxylation is 6. The van der Waals surface area contributed by atoms with Crippen LogP contribution in [0.1, 0.15) is 33.4 Å². The van der Waals surface area contributed by atoms with Gasteiger partial charge >= 0.3 is 33.0 Å². The third-order valence-electron chi connectivity index (χ3n) is 4.42. The Morgan fingerprint density at radius 2 is 1.03 bits per heavy atom. The Balaban J connectivity index is 0.000000396. The van der Waals surface area contributed by atoms with Gasteiger partial charge in [0.25, 0.3) is 6.33 Å². The molecule has 166 valence electrons. The van der Waals surface area contributed by atoms with E-state index >= 15 is 0 Å². The monoisotopic (exact) mass is 450 g/mol. The quantitative estimate of drug-likeness (QED) is 0.213. The number of benzene rings is 2. The van der Waals surface area contributed by atoms with Gasteiger partial charge in [-0.1, -0.05) is 35.4 Å². The van der Waals surface area contributed by atoms with Gasteiger partial charge < -0.3 is 0 Å². The molecular weight excluding hydrogens is 425 g/mol. The first-order chi connectivity index (χ1) is 13.3. The second-order valence-electron chi connectivity index (χ2n) is 7.68. The van der Waals surface area contributed by atoms with E-state index in [-0.39, 0.29) is 0 Å². The van der Waals surface area contributed by atoms with E-state index in [1.807, 2.05) is 0 Å². The van der Waals surface area contributed by atoms with Crippen molar-refractivity contribution < 1.29 is 29.7 Å². The molecule has 1 aromatic heterocycles. The second-order valence-corrected chi connectivity index (χ2v) is 9.60. The molecule has 0 unspecified atom stereocenters. The van der Waals surface area contributed by atoms with E-state index in [0.29, 0.717) is 0 Å². The molecule has 0 fully saturated rings. The molecule has 0 atom stereocenters. The van der Waals surface area contributed by atoms with Crippen molar-refractivity contribution in [1.82, 2.24) is 4.57 Å². The summed E-state index contributed by atoms with van der Waals surface area (Å²) in [4.78, 5) is 0. The summed E-state index contributed by atoms with van der Waals surface area (Å²) in [6.07, 6.45) is 6.46. The number of hydrogen-bond donors (Lipinski definition) is 0. The van der Waals surface area contributed by atoms with Crippen LogP contribution in [-0.2, 0) is 0 Å². The van der Waals surface area contributed by atoms with Gasteiger partial charge in [-0.15, -0.1) is 0 Å². The molecule has 3 rings (SSSR count). The van der Waals surface area contributed by atoms with Crippen LogP contribution in [0.5, 0.6) is 0 Å². The molecule has 0 aliphatic carbocycles. The summed E-state index contributed by atoms with van der Waals surface area (Å²) in [5.74, 6) is 0. The zero-order valence-electron chi connectivity index (χ0n) is 17.7. The fourth-order valence-corrected chi connectivity index (χ4v) is 3.78. The molecular formula is C21H25F6N2P. The molecule has 2 aromatic carbocycles. The van der Waals surface area contributed by atoms with E-state index in [9.17, 15) is 25.2 Å². The first-order valence-corrected chi connectivity index (χ1v) is 11.2. The van der Waals surface area contributed by atoms with Crippen LogP contribution in [0.4, 0.5) is 25.2 Å². The summed E-state index contributed by atoms with van der Waals surface area (Å²) in [5.41, 5.74) is 10.4. The van der Waals surface area contributed by atoms with Gasteiger partial charge in [0.1, 0.15) is 23.8 Å². The molecule has 0 amide bonds. The maximum atomic E-state index is 9.87. The van der Waals surface area contributed by atoms with Crippen LogP contribution in [-0.4, -0.2) is 4.57 Å².